The zero-order valence-corrected chi connectivity index (χ0v) is 9.66. The lowest BCUT2D eigenvalue weighted by Gasteiger charge is -2.27. The Morgan fingerprint density at radius 2 is 2.00 bits per heavy atom. The first-order valence-electron chi connectivity index (χ1n) is 5.93. The van der Waals surface area contributed by atoms with Gasteiger partial charge in [-0.1, -0.05) is 19.8 Å². The molecular formula is C13H23N. The quantitative estimate of drug-likeness (QED) is 0.523. The molecule has 0 atom stereocenters. The van der Waals surface area contributed by atoms with E-state index in [1.807, 2.05) is 6.92 Å². The maximum atomic E-state index is 3.55. The van der Waals surface area contributed by atoms with E-state index < -0.39 is 0 Å². The minimum Gasteiger partial charge on any atom is -0.315 e. The molecule has 80 valence electrons. The molecule has 1 saturated carbocycles. The lowest BCUT2D eigenvalue weighted by Crippen LogP contribution is -2.32. The number of rotatable bonds is 5. The van der Waals surface area contributed by atoms with E-state index in [2.05, 4.69) is 24.1 Å². The summed E-state index contributed by atoms with van der Waals surface area (Å²) in [4.78, 5) is 0. The largest absolute Gasteiger partial charge is 0.315 e. The predicted octanol–water partition coefficient (Wildman–Crippen LogP) is 2.96. The molecule has 0 unspecified atom stereocenters. The lowest BCUT2D eigenvalue weighted by atomic mass is 9.83. The summed E-state index contributed by atoms with van der Waals surface area (Å²) in [6.07, 6.45) is 8.05. The van der Waals surface area contributed by atoms with E-state index in [0.717, 1.165) is 13.0 Å². The molecule has 1 N–H and O–H groups in total. The lowest BCUT2D eigenvalue weighted by molar-refractivity contribution is 0.270. The summed E-state index contributed by atoms with van der Waals surface area (Å²) in [5, 5.41) is 3.55. The van der Waals surface area contributed by atoms with E-state index in [9.17, 15) is 0 Å². The molecule has 1 aliphatic carbocycles. The van der Waals surface area contributed by atoms with Crippen molar-refractivity contribution in [2.24, 2.45) is 5.41 Å². The van der Waals surface area contributed by atoms with Crippen molar-refractivity contribution in [1.82, 2.24) is 5.32 Å². The Morgan fingerprint density at radius 1 is 1.29 bits per heavy atom. The molecule has 0 aromatic heterocycles. The van der Waals surface area contributed by atoms with E-state index in [-0.39, 0.29) is 0 Å². The van der Waals surface area contributed by atoms with Gasteiger partial charge in [0.05, 0.1) is 0 Å². The summed E-state index contributed by atoms with van der Waals surface area (Å²) in [5.74, 6) is 6.02. The first-order valence-corrected chi connectivity index (χ1v) is 5.93. The minimum atomic E-state index is 0.625. The second-order valence-electron chi connectivity index (χ2n) is 4.41. The van der Waals surface area contributed by atoms with Crippen LogP contribution in [0.1, 0.15) is 52.4 Å². The van der Waals surface area contributed by atoms with Crippen LogP contribution < -0.4 is 5.32 Å². The fourth-order valence-electron chi connectivity index (χ4n) is 2.41. The highest BCUT2D eigenvalue weighted by molar-refractivity contribution is 4.95. The highest BCUT2D eigenvalue weighted by Gasteiger charge is 2.30. The summed E-state index contributed by atoms with van der Waals surface area (Å²) in [6.45, 7) is 6.50. The van der Waals surface area contributed by atoms with E-state index in [0.29, 0.717) is 5.41 Å². The molecule has 1 heteroatoms. The van der Waals surface area contributed by atoms with Crippen molar-refractivity contribution >= 4 is 0 Å². The first-order chi connectivity index (χ1) is 6.83. The average Bonchev–Trinajstić information content (AvgIpc) is 2.67. The third kappa shape index (κ3) is 3.35. The van der Waals surface area contributed by atoms with Crippen LogP contribution >= 0.6 is 0 Å². The topological polar surface area (TPSA) is 12.0 Å². The van der Waals surface area contributed by atoms with Crippen molar-refractivity contribution in [3.05, 3.63) is 0 Å². The van der Waals surface area contributed by atoms with Crippen molar-refractivity contribution in [3.63, 3.8) is 0 Å². The summed E-state index contributed by atoms with van der Waals surface area (Å²) >= 11 is 0. The maximum absolute atomic E-state index is 3.55. The summed E-state index contributed by atoms with van der Waals surface area (Å²) in [6, 6.07) is 0. The van der Waals surface area contributed by atoms with Crippen LogP contribution in [0.25, 0.3) is 0 Å². The fourth-order valence-corrected chi connectivity index (χ4v) is 2.41. The molecule has 14 heavy (non-hydrogen) atoms. The monoisotopic (exact) mass is 193 g/mol. The van der Waals surface area contributed by atoms with Gasteiger partial charge in [-0.05, 0) is 31.6 Å². The van der Waals surface area contributed by atoms with Crippen molar-refractivity contribution in [2.75, 3.05) is 13.1 Å². The Morgan fingerprint density at radius 3 is 2.57 bits per heavy atom. The molecule has 0 heterocycles. The van der Waals surface area contributed by atoms with Gasteiger partial charge in [-0.2, -0.15) is 0 Å². The Hall–Kier alpha value is -0.480. The molecule has 0 radical (unpaired) electrons. The van der Waals surface area contributed by atoms with Crippen molar-refractivity contribution in [2.45, 2.75) is 52.4 Å². The van der Waals surface area contributed by atoms with E-state index in [1.165, 1.54) is 38.6 Å². The van der Waals surface area contributed by atoms with Gasteiger partial charge in [-0.25, -0.2) is 0 Å². The van der Waals surface area contributed by atoms with Crippen LogP contribution in [0.5, 0.6) is 0 Å². The van der Waals surface area contributed by atoms with Crippen molar-refractivity contribution in [1.29, 1.82) is 0 Å². The van der Waals surface area contributed by atoms with Gasteiger partial charge in [0.2, 0.25) is 0 Å². The highest BCUT2D eigenvalue weighted by Crippen LogP contribution is 2.40. The predicted molar refractivity (Wildman–Crippen MR) is 62.1 cm³/mol. The van der Waals surface area contributed by atoms with Crippen LogP contribution in [-0.2, 0) is 0 Å². The summed E-state index contributed by atoms with van der Waals surface area (Å²) in [7, 11) is 0. The summed E-state index contributed by atoms with van der Waals surface area (Å²) in [5.41, 5.74) is 0.625. The van der Waals surface area contributed by atoms with Crippen LogP contribution in [0, 0.1) is 17.3 Å². The fraction of sp³-hybridized carbons (Fsp3) is 0.846. The highest BCUT2D eigenvalue weighted by atomic mass is 14.9. The molecule has 1 nitrogen and oxygen atoms in total. The molecule has 0 aromatic carbocycles. The number of nitrogens with one attached hydrogen (secondary N) is 1. The Kier molecular flexibility index (Phi) is 5.04. The van der Waals surface area contributed by atoms with Crippen LogP contribution in [0.3, 0.4) is 0 Å². The Balaban J connectivity index is 2.16. The Bertz CT molecular complexity index is 203. The van der Waals surface area contributed by atoms with Gasteiger partial charge in [-0.15, -0.1) is 11.8 Å². The molecule has 0 saturated heterocycles. The second kappa shape index (κ2) is 6.09. The third-order valence-electron chi connectivity index (χ3n) is 3.52. The zero-order chi connectivity index (χ0) is 10.3. The molecular weight excluding hydrogens is 170 g/mol. The van der Waals surface area contributed by atoms with Gasteiger partial charge in [0, 0.05) is 19.5 Å². The standard InChI is InChI=1S/C13H23N/c1-3-5-8-11-14-12-13(4-2)9-6-7-10-13/h14H,4,6-12H2,1-2H3. The molecule has 1 fully saturated rings. The average molecular weight is 193 g/mol. The molecule has 0 spiro atoms. The van der Waals surface area contributed by atoms with Crippen LogP contribution in [-0.4, -0.2) is 13.1 Å². The number of hydrogen-bond donors (Lipinski definition) is 1. The number of hydrogen-bond acceptors (Lipinski definition) is 1. The minimum absolute atomic E-state index is 0.625. The van der Waals surface area contributed by atoms with Gasteiger partial charge >= 0.3 is 0 Å². The smallest absolute Gasteiger partial charge is 0.0214 e. The molecule has 0 amide bonds. The SMILES string of the molecule is CC#CCCNCC1(CC)CCCC1. The first kappa shape index (κ1) is 11.6. The van der Waals surface area contributed by atoms with Gasteiger partial charge in [-0.3, -0.25) is 0 Å². The molecule has 1 aliphatic rings. The molecule has 0 aliphatic heterocycles. The molecule has 0 bridgehead atoms. The van der Waals surface area contributed by atoms with Crippen molar-refractivity contribution in [3.8, 4) is 11.8 Å². The van der Waals surface area contributed by atoms with Crippen molar-refractivity contribution < 1.29 is 0 Å². The maximum Gasteiger partial charge on any atom is 0.0214 e. The van der Waals surface area contributed by atoms with Crippen LogP contribution in [0.4, 0.5) is 0 Å². The van der Waals surface area contributed by atoms with E-state index >= 15 is 0 Å². The Labute approximate surface area is 88.7 Å². The van der Waals surface area contributed by atoms with E-state index in [1.54, 1.807) is 0 Å². The molecule has 0 aromatic rings. The van der Waals surface area contributed by atoms with Crippen LogP contribution in [0.2, 0.25) is 0 Å². The molecule has 1 rings (SSSR count). The second-order valence-corrected chi connectivity index (χ2v) is 4.41. The van der Waals surface area contributed by atoms with Gasteiger partial charge < -0.3 is 5.32 Å². The normalized spacial score (nSPS) is 19.0. The van der Waals surface area contributed by atoms with Crippen LogP contribution in [0.15, 0.2) is 0 Å². The van der Waals surface area contributed by atoms with E-state index in [4.69, 9.17) is 0 Å². The third-order valence-corrected chi connectivity index (χ3v) is 3.52. The van der Waals surface area contributed by atoms with Gasteiger partial charge in [0.25, 0.3) is 0 Å². The zero-order valence-electron chi connectivity index (χ0n) is 9.66. The van der Waals surface area contributed by atoms with Gasteiger partial charge in [0.15, 0.2) is 0 Å². The summed E-state index contributed by atoms with van der Waals surface area (Å²) < 4.78 is 0. The van der Waals surface area contributed by atoms with Gasteiger partial charge in [0.1, 0.15) is 0 Å².